The molecule has 0 spiro atoms. The molecule has 120 valence electrons. The fourth-order valence-electron chi connectivity index (χ4n) is 2.48. The Morgan fingerprint density at radius 1 is 0.957 bits per heavy atom. The summed E-state index contributed by atoms with van der Waals surface area (Å²) in [5.41, 5.74) is 1.19. The van der Waals surface area contributed by atoms with E-state index in [0.29, 0.717) is 0 Å². The number of furan rings is 2. The van der Waals surface area contributed by atoms with Gasteiger partial charge in [-0.1, -0.05) is 6.07 Å². The SMILES string of the molecule is COc1ccc(CN(Cc2ccco2)Cc2ccco2)cc1Br. The van der Waals surface area contributed by atoms with E-state index in [9.17, 15) is 0 Å². The molecular formula is C18H18BrNO3. The second kappa shape index (κ2) is 7.53. The van der Waals surface area contributed by atoms with E-state index < -0.39 is 0 Å². The Morgan fingerprint density at radius 2 is 1.61 bits per heavy atom. The molecule has 0 atom stereocenters. The predicted octanol–water partition coefficient (Wildman–Crippen LogP) is 4.85. The molecule has 0 amide bonds. The summed E-state index contributed by atoms with van der Waals surface area (Å²) in [5.74, 6) is 2.70. The van der Waals surface area contributed by atoms with Crippen molar-refractivity contribution in [1.29, 1.82) is 0 Å². The Bertz CT molecular complexity index is 687. The van der Waals surface area contributed by atoms with Gasteiger partial charge in [-0.25, -0.2) is 0 Å². The molecule has 0 saturated heterocycles. The summed E-state index contributed by atoms with van der Waals surface area (Å²) in [6.07, 6.45) is 3.40. The minimum absolute atomic E-state index is 0.720. The van der Waals surface area contributed by atoms with Gasteiger partial charge in [0.05, 0.1) is 37.2 Å². The normalized spacial score (nSPS) is 11.1. The van der Waals surface area contributed by atoms with Crippen molar-refractivity contribution in [2.75, 3.05) is 7.11 Å². The molecule has 23 heavy (non-hydrogen) atoms. The van der Waals surface area contributed by atoms with Crippen LogP contribution in [-0.2, 0) is 19.6 Å². The average Bonchev–Trinajstić information content (AvgIpc) is 3.21. The third-order valence-corrected chi connectivity index (χ3v) is 4.16. The number of hydrogen-bond donors (Lipinski definition) is 0. The number of benzene rings is 1. The van der Waals surface area contributed by atoms with Gasteiger partial charge in [0.25, 0.3) is 0 Å². The van der Waals surface area contributed by atoms with Gasteiger partial charge in [0, 0.05) is 6.54 Å². The zero-order valence-corrected chi connectivity index (χ0v) is 14.5. The van der Waals surface area contributed by atoms with Crippen molar-refractivity contribution in [3.8, 4) is 5.75 Å². The number of hydrogen-bond acceptors (Lipinski definition) is 4. The fourth-order valence-corrected chi connectivity index (χ4v) is 3.07. The van der Waals surface area contributed by atoms with Crippen LogP contribution >= 0.6 is 15.9 Å². The minimum Gasteiger partial charge on any atom is -0.496 e. The summed E-state index contributed by atoms with van der Waals surface area (Å²) in [6, 6.07) is 13.9. The molecular weight excluding hydrogens is 358 g/mol. The highest BCUT2D eigenvalue weighted by Gasteiger charge is 2.12. The second-order valence-corrected chi connectivity index (χ2v) is 6.13. The molecule has 2 heterocycles. The number of rotatable bonds is 7. The third-order valence-electron chi connectivity index (χ3n) is 3.54. The van der Waals surface area contributed by atoms with Crippen molar-refractivity contribution in [3.63, 3.8) is 0 Å². The van der Waals surface area contributed by atoms with Gasteiger partial charge in [-0.2, -0.15) is 0 Å². The van der Waals surface area contributed by atoms with Crippen LogP contribution in [0.4, 0.5) is 0 Å². The average molecular weight is 376 g/mol. The van der Waals surface area contributed by atoms with Crippen molar-refractivity contribution in [2.24, 2.45) is 0 Å². The van der Waals surface area contributed by atoms with Crippen molar-refractivity contribution >= 4 is 15.9 Å². The first kappa shape index (κ1) is 15.9. The van der Waals surface area contributed by atoms with Crippen LogP contribution in [0.2, 0.25) is 0 Å². The van der Waals surface area contributed by atoms with Crippen molar-refractivity contribution in [1.82, 2.24) is 4.90 Å². The molecule has 5 heteroatoms. The monoisotopic (exact) mass is 375 g/mol. The molecule has 3 rings (SSSR count). The Kier molecular flexibility index (Phi) is 5.20. The molecule has 1 aromatic carbocycles. The van der Waals surface area contributed by atoms with Crippen molar-refractivity contribution in [2.45, 2.75) is 19.6 Å². The molecule has 0 saturated carbocycles. The molecule has 0 N–H and O–H groups in total. The summed E-state index contributed by atoms with van der Waals surface area (Å²) in [6.45, 7) is 2.22. The summed E-state index contributed by atoms with van der Waals surface area (Å²) in [5, 5.41) is 0. The lowest BCUT2D eigenvalue weighted by atomic mass is 10.2. The van der Waals surface area contributed by atoms with Gasteiger partial charge in [0.2, 0.25) is 0 Å². The van der Waals surface area contributed by atoms with Gasteiger partial charge in [0.15, 0.2) is 0 Å². The van der Waals surface area contributed by atoms with Gasteiger partial charge in [-0.3, -0.25) is 4.90 Å². The van der Waals surface area contributed by atoms with E-state index in [1.165, 1.54) is 5.56 Å². The molecule has 0 radical (unpaired) electrons. The lowest BCUT2D eigenvalue weighted by molar-refractivity contribution is 0.209. The van der Waals surface area contributed by atoms with Gasteiger partial charge < -0.3 is 13.6 Å². The van der Waals surface area contributed by atoms with E-state index in [-0.39, 0.29) is 0 Å². The highest BCUT2D eigenvalue weighted by molar-refractivity contribution is 9.10. The highest BCUT2D eigenvalue weighted by Crippen LogP contribution is 2.26. The van der Waals surface area contributed by atoms with Crippen LogP contribution < -0.4 is 4.74 Å². The number of ether oxygens (including phenoxy) is 1. The van der Waals surface area contributed by atoms with Crippen LogP contribution in [0.1, 0.15) is 17.1 Å². The van der Waals surface area contributed by atoms with E-state index in [4.69, 9.17) is 13.6 Å². The standard InChI is InChI=1S/C18H18BrNO3/c1-21-18-7-6-14(10-17(18)19)11-20(12-15-4-2-8-22-15)13-16-5-3-9-23-16/h2-10H,11-13H2,1H3. The number of halogens is 1. The van der Waals surface area contributed by atoms with Crippen LogP contribution in [0.5, 0.6) is 5.75 Å². The Hall–Kier alpha value is -1.98. The maximum Gasteiger partial charge on any atom is 0.133 e. The molecule has 0 aliphatic carbocycles. The maximum atomic E-state index is 5.48. The largest absolute Gasteiger partial charge is 0.496 e. The lowest BCUT2D eigenvalue weighted by Crippen LogP contribution is -2.22. The van der Waals surface area contributed by atoms with Crippen LogP contribution in [0.15, 0.2) is 68.3 Å². The first-order valence-corrected chi connectivity index (χ1v) is 8.13. The molecule has 4 nitrogen and oxygen atoms in total. The minimum atomic E-state index is 0.720. The third kappa shape index (κ3) is 4.27. The first-order chi connectivity index (χ1) is 11.2. The summed E-state index contributed by atoms with van der Waals surface area (Å²) in [4.78, 5) is 2.27. The van der Waals surface area contributed by atoms with E-state index in [1.54, 1.807) is 19.6 Å². The Morgan fingerprint density at radius 3 is 2.09 bits per heavy atom. The quantitative estimate of drug-likeness (QED) is 0.591. The van der Waals surface area contributed by atoms with E-state index in [2.05, 4.69) is 33.0 Å². The lowest BCUT2D eigenvalue weighted by Gasteiger charge is -2.20. The van der Waals surface area contributed by atoms with Crippen LogP contribution in [0.3, 0.4) is 0 Å². The molecule has 0 unspecified atom stereocenters. The summed E-state index contributed by atoms with van der Waals surface area (Å²) >= 11 is 3.54. The first-order valence-electron chi connectivity index (χ1n) is 7.34. The number of methoxy groups -OCH3 is 1. The summed E-state index contributed by atoms with van der Waals surface area (Å²) in [7, 11) is 1.67. The Balaban J connectivity index is 1.75. The maximum absolute atomic E-state index is 5.48. The topological polar surface area (TPSA) is 38.8 Å². The second-order valence-electron chi connectivity index (χ2n) is 5.27. The molecule has 0 fully saturated rings. The molecule has 0 bridgehead atoms. The van der Waals surface area contributed by atoms with Gasteiger partial charge >= 0.3 is 0 Å². The predicted molar refractivity (Wildman–Crippen MR) is 91.1 cm³/mol. The van der Waals surface area contributed by atoms with E-state index in [0.717, 1.165) is 41.4 Å². The van der Waals surface area contributed by atoms with Crippen molar-refractivity contribution < 1.29 is 13.6 Å². The molecule has 0 aliphatic heterocycles. The summed E-state index contributed by atoms with van der Waals surface area (Å²) < 4.78 is 17.2. The zero-order chi connectivity index (χ0) is 16.1. The Labute approximate surface area is 143 Å². The van der Waals surface area contributed by atoms with Crippen LogP contribution in [-0.4, -0.2) is 12.0 Å². The zero-order valence-electron chi connectivity index (χ0n) is 12.9. The molecule has 2 aromatic heterocycles. The van der Waals surface area contributed by atoms with E-state index in [1.807, 2.05) is 30.3 Å². The fraction of sp³-hybridized carbons (Fsp3) is 0.222. The van der Waals surface area contributed by atoms with E-state index >= 15 is 0 Å². The van der Waals surface area contributed by atoms with Crippen LogP contribution in [0.25, 0.3) is 0 Å². The van der Waals surface area contributed by atoms with Gasteiger partial charge in [-0.15, -0.1) is 0 Å². The molecule has 0 aliphatic rings. The molecule has 3 aromatic rings. The van der Waals surface area contributed by atoms with Crippen LogP contribution in [0, 0.1) is 0 Å². The van der Waals surface area contributed by atoms with Gasteiger partial charge in [0.1, 0.15) is 17.3 Å². The van der Waals surface area contributed by atoms with Gasteiger partial charge in [-0.05, 0) is 57.9 Å². The smallest absolute Gasteiger partial charge is 0.133 e. The highest BCUT2D eigenvalue weighted by atomic mass is 79.9. The number of nitrogens with zero attached hydrogens (tertiary/aromatic N) is 1. The van der Waals surface area contributed by atoms with Crippen molar-refractivity contribution in [3.05, 3.63) is 76.5 Å².